The van der Waals surface area contributed by atoms with Crippen LogP contribution in [0.3, 0.4) is 0 Å². The first-order valence-electron chi connectivity index (χ1n) is 16.0. The van der Waals surface area contributed by atoms with Gasteiger partial charge in [-0.1, -0.05) is 126 Å². The minimum Gasteiger partial charge on any atom is -0.444 e. The second kappa shape index (κ2) is 15.8. The molecule has 0 spiro atoms. The fourth-order valence-corrected chi connectivity index (χ4v) is 10.5. The number of rotatable bonds is 13. The van der Waals surface area contributed by atoms with Crippen LogP contribution in [0.15, 0.2) is 103 Å². The van der Waals surface area contributed by atoms with E-state index in [4.69, 9.17) is 9.16 Å². The van der Waals surface area contributed by atoms with E-state index in [2.05, 4.69) is 64.2 Å². The molecule has 1 amide bonds. The van der Waals surface area contributed by atoms with Crippen LogP contribution in [0.4, 0.5) is 9.18 Å². The summed E-state index contributed by atoms with van der Waals surface area (Å²) in [5.41, 5.74) is 0.126. The zero-order valence-electron chi connectivity index (χ0n) is 28.2. The number of carbonyl (C=O) groups excluding carboxylic acids is 1. The number of halogens is 1. The first kappa shape index (κ1) is 36.2. The van der Waals surface area contributed by atoms with Crippen molar-refractivity contribution in [1.82, 2.24) is 5.32 Å². The molecule has 0 saturated carbocycles. The van der Waals surface area contributed by atoms with Gasteiger partial charge in [0.25, 0.3) is 8.32 Å². The maximum atomic E-state index is 16.1. The van der Waals surface area contributed by atoms with Crippen LogP contribution >= 0.6 is 0 Å². The summed E-state index contributed by atoms with van der Waals surface area (Å²) in [6, 6.07) is 29.2. The van der Waals surface area contributed by atoms with Crippen LogP contribution in [0.2, 0.25) is 5.04 Å². The molecule has 0 saturated heterocycles. The number of aliphatic hydroxyl groups excluding tert-OH is 1. The van der Waals surface area contributed by atoms with Crippen LogP contribution in [-0.4, -0.2) is 43.9 Å². The first-order chi connectivity index (χ1) is 21.1. The Morgan fingerprint density at radius 3 is 1.80 bits per heavy atom. The zero-order valence-corrected chi connectivity index (χ0v) is 29.2. The van der Waals surface area contributed by atoms with Crippen LogP contribution in [0.1, 0.15) is 67.4 Å². The Morgan fingerprint density at radius 2 is 1.36 bits per heavy atom. The van der Waals surface area contributed by atoms with Gasteiger partial charge in [0.2, 0.25) is 0 Å². The normalized spacial score (nSPS) is 15.0. The lowest BCUT2D eigenvalue weighted by Gasteiger charge is -2.43. The Bertz CT molecular complexity index is 1310. The third kappa shape index (κ3) is 10.4. The van der Waals surface area contributed by atoms with Crippen molar-refractivity contribution >= 4 is 24.8 Å². The number of hydrogen-bond donors (Lipinski definition) is 2. The maximum Gasteiger partial charge on any atom is 0.407 e. The second-order valence-electron chi connectivity index (χ2n) is 14.3. The van der Waals surface area contributed by atoms with Gasteiger partial charge in [0.05, 0.1) is 6.04 Å². The summed E-state index contributed by atoms with van der Waals surface area (Å²) in [6.45, 7) is 16.4. The molecule has 0 aromatic heterocycles. The minimum atomic E-state index is -2.85. The fraction of sp³-hybridized carbons (Fsp3) is 0.447. The van der Waals surface area contributed by atoms with E-state index in [1.807, 2.05) is 66.7 Å². The van der Waals surface area contributed by atoms with Gasteiger partial charge < -0.3 is 19.6 Å². The Labute approximate surface area is 271 Å². The van der Waals surface area contributed by atoms with E-state index in [-0.39, 0.29) is 29.9 Å². The van der Waals surface area contributed by atoms with E-state index in [0.717, 1.165) is 15.9 Å². The largest absolute Gasteiger partial charge is 0.444 e. The van der Waals surface area contributed by atoms with Crippen molar-refractivity contribution in [2.24, 2.45) is 11.8 Å². The summed E-state index contributed by atoms with van der Waals surface area (Å²) in [5, 5.41) is 16.1. The van der Waals surface area contributed by atoms with Gasteiger partial charge in [-0.2, -0.15) is 0 Å². The van der Waals surface area contributed by atoms with Gasteiger partial charge in [0.15, 0.2) is 0 Å². The number of ether oxygens (including phenoxy) is 1. The van der Waals surface area contributed by atoms with E-state index in [9.17, 15) is 9.90 Å². The number of carbonyl (C=O) groups is 1. The Kier molecular flexibility index (Phi) is 12.7. The minimum absolute atomic E-state index is 0.224. The molecule has 3 aromatic rings. The third-order valence-electron chi connectivity index (χ3n) is 7.76. The standard InChI is InChI=1S/C38H52FNO4Si/c1-28(2)24-30(27-43-45(38(6,7)8,31-20-14-10-15-21-31)32-22-16-11-17-23-32)25-33(39)35(41)34(26-29-18-12-9-13-19-29)40-36(42)44-37(3,4)5/h9-23,25,28,30,34-35,41H,24,26-27H2,1-8H3,(H,40,42)/b33-25-/t30?,34-,35+/m1/s1. The number of alkyl carbamates (subject to hydrolysis) is 1. The number of amides is 1. The topological polar surface area (TPSA) is 67.8 Å². The molecule has 45 heavy (non-hydrogen) atoms. The van der Waals surface area contributed by atoms with Gasteiger partial charge in [-0.15, -0.1) is 0 Å². The lowest BCUT2D eigenvalue weighted by Crippen LogP contribution is -2.66. The molecule has 244 valence electrons. The third-order valence-corrected chi connectivity index (χ3v) is 12.8. The first-order valence-corrected chi connectivity index (χ1v) is 17.9. The average molecular weight is 634 g/mol. The predicted molar refractivity (Wildman–Crippen MR) is 185 cm³/mol. The molecule has 1 unspecified atom stereocenters. The highest BCUT2D eigenvalue weighted by Gasteiger charge is 2.50. The van der Waals surface area contributed by atoms with Crippen molar-refractivity contribution in [3.8, 4) is 0 Å². The van der Waals surface area contributed by atoms with Crippen molar-refractivity contribution in [2.75, 3.05) is 6.61 Å². The van der Waals surface area contributed by atoms with Crippen LogP contribution < -0.4 is 15.7 Å². The zero-order chi connectivity index (χ0) is 33.3. The molecule has 0 bridgehead atoms. The van der Waals surface area contributed by atoms with Crippen LogP contribution in [0.5, 0.6) is 0 Å². The van der Waals surface area contributed by atoms with Crippen LogP contribution in [-0.2, 0) is 15.6 Å². The molecular formula is C38H52FNO4Si. The average Bonchev–Trinajstić information content (AvgIpc) is 2.96. The molecule has 0 radical (unpaired) electrons. The SMILES string of the molecule is CC(C)CC(/C=C(\F)[C@H](O)[C@@H](Cc1ccccc1)NC(=O)OC(C)(C)C)CO[Si](c1ccccc1)(c1ccccc1)C(C)(C)C. The van der Waals surface area contributed by atoms with Gasteiger partial charge >= 0.3 is 6.09 Å². The molecule has 0 fully saturated rings. The quantitative estimate of drug-likeness (QED) is 0.191. The smallest absolute Gasteiger partial charge is 0.407 e. The molecular weight excluding hydrogens is 582 g/mol. The summed E-state index contributed by atoms with van der Waals surface area (Å²) >= 11 is 0. The molecule has 0 aliphatic carbocycles. The van der Waals surface area contributed by atoms with Gasteiger partial charge in [-0.3, -0.25) is 0 Å². The molecule has 5 nitrogen and oxygen atoms in total. The Balaban J connectivity index is 1.96. The van der Waals surface area contributed by atoms with Gasteiger partial charge in [-0.05, 0) is 66.6 Å². The molecule has 7 heteroatoms. The highest BCUT2D eigenvalue weighted by Crippen LogP contribution is 2.37. The van der Waals surface area contributed by atoms with Crippen LogP contribution in [0, 0.1) is 11.8 Å². The van der Waals surface area contributed by atoms with E-state index in [1.54, 1.807) is 20.8 Å². The molecule has 3 atom stereocenters. The molecule has 0 aliphatic rings. The summed E-state index contributed by atoms with van der Waals surface area (Å²) in [5.74, 6) is -0.733. The van der Waals surface area contributed by atoms with Gasteiger partial charge in [0.1, 0.15) is 17.5 Å². The maximum absolute atomic E-state index is 16.1. The summed E-state index contributed by atoms with van der Waals surface area (Å²) in [7, 11) is -2.85. The van der Waals surface area contributed by atoms with Crippen molar-refractivity contribution < 1.29 is 23.5 Å². The monoisotopic (exact) mass is 633 g/mol. The number of aliphatic hydroxyl groups is 1. The van der Waals surface area contributed by atoms with Crippen molar-refractivity contribution in [3.05, 3.63) is 108 Å². The van der Waals surface area contributed by atoms with Crippen molar-refractivity contribution in [3.63, 3.8) is 0 Å². The molecule has 3 rings (SSSR count). The Morgan fingerprint density at radius 1 is 0.867 bits per heavy atom. The lowest BCUT2D eigenvalue weighted by atomic mass is 9.94. The summed E-state index contributed by atoms with van der Waals surface area (Å²) in [4.78, 5) is 12.7. The molecule has 2 N–H and O–H groups in total. The Hall–Kier alpha value is -3.26. The number of benzene rings is 3. The summed E-state index contributed by atoms with van der Waals surface area (Å²) < 4.78 is 28.7. The molecule has 3 aromatic carbocycles. The second-order valence-corrected chi connectivity index (χ2v) is 18.6. The molecule has 0 aliphatic heterocycles. The number of nitrogens with one attached hydrogen (secondary N) is 1. The van der Waals surface area contributed by atoms with Gasteiger partial charge in [0, 0.05) is 12.5 Å². The van der Waals surface area contributed by atoms with Crippen LogP contribution in [0.25, 0.3) is 0 Å². The van der Waals surface area contributed by atoms with E-state index in [1.165, 1.54) is 6.08 Å². The number of hydrogen-bond acceptors (Lipinski definition) is 4. The highest BCUT2D eigenvalue weighted by atomic mass is 28.4. The van der Waals surface area contributed by atoms with E-state index in [0.29, 0.717) is 6.42 Å². The van der Waals surface area contributed by atoms with Crippen molar-refractivity contribution in [2.45, 2.75) is 91.0 Å². The van der Waals surface area contributed by atoms with E-state index < -0.39 is 38.0 Å². The lowest BCUT2D eigenvalue weighted by molar-refractivity contribution is 0.0434. The van der Waals surface area contributed by atoms with E-state index >= 15 is 4.39 Å². The van der Waals surface area contributed by atoms with Gasteiger partial charge in [-0.25, -0.2) is 9.18 Å². The fourth-order valence-electron chi connectivity index (χ4n) is 5.87. The molecule has 0 heterocycles. The van der Waals surface area contributed by atoms with Crippen molar-refractivity contribution in [1.29, 1.82) is 0 Å². The highest BCUT2D eigenvalue weighted by molar-refractivity contribution is 6.99. The predicted octanol–water partition coefficient (Wildman–Crippen LogP) is 7.58. The summed E-state index contributed by atoms with van der Waals surface area (Å²) in [6.07, 6.45) is 0.123.